The van der Waals surface area contributed by atoms with Gasteiger partial charge >= 0.3 is 0 Å². The first-order valence-corrected chi connectivity index (χ1v) is 5.32. The van der Waals surface area contributed by atoms with Crippen LogP contribution in [0.3, 0.4) is 0 Å². The van der Waals surface area contributed by atoms with Gasteiger partial charge in [0.1, 0.15) is 0 Å². The average molecular weight is 182 g/mol. The van der Waals surface area contributed by atoms with Crippen molar-refractivity contribution in [2.24, 2.45) is 11.8 Å². The fraction of sp³-hybridized carbons (Fsp3) is 0.833. The lowest BCUT2D eigenvalue weighted by atomic mass is 9.73. The van der Waals surface area contributed by atoms with Gasteiger partial charge in [-0.1, -0.05) is 25.5 Å². The van der Waals surface area contributed by atoms with Crippen LogP contribution >= 0.6 is 0 Å². The molecule has 0 fully saturated rings. The van der Waals surface area contributed by atoms with Crippen molar-refractivity contribution in [3.63, 3.8) is 0 Å². The fourth-order valence-corrected chi connectivity index (χ4v) is 1.97. The number of hydrogen-bond donors (Lipinski definition) is 1. The smallest absolute Gasteiger partial charge is 0.0673 e. The topological polar surface area (TPSA) is 20.2 Å². The maximum absolute atomic E-state index is 10.3. The first kappa shape index (κ1) is 10.8. The molecule has 2 unspecified atom stereocenters. The molecule has 1 heteroatoms. The Morgan fingerprint density at radius 1 is 1.54 bits per heavy atom. The molecule has 0 aliphatic heterocycles. The highest BCUT2D eigenvalue weighted by Crippen LogP contribution is 2.35. The Hall–Kier alpha value is -0.300. The molecule has 0 saturated carbocycles. The zero-order valence-corrected chi connectivity index (χ0v) is 9.30. The molecule has 0 aromatic heterocycles. The largest absolute Gasteiger partial charge is 0.390 e. The van der Waals surface area contributed by atoms with Crippen LogP contribution in [-0.4, -0.2) is 10.7 Å². The molecule has 1 aliphatic carbocycles. The van der Waals surface area contributed by atoms with E-state index in [1.54, 1.807) is 0 Å². The van der Waals surface area contributed by atoms with Crippen molar-refractivity contribution < 1.29 is 5.11 Å². The molecule has 0 bridgehead atoms. The standard InChI is InChI=1S/C12H22O/c1-9(2)12(4,13)11-7-5-10(3)6-8-11/h5,9,11,13H,6-8H2,1-4H3. The normalized spacial score (nSPS) is 28.5. The summed E-state index contributed by atoms with van der Waals surface area (Å²) < 4.78 is 0. The summed E-state index contributed by atoms with van der Waals surface area (Å²) in [6, 6.07) is 0. The Balaban J connectivity index is 2.64. The highest BCUT2D eigenvalue weighted by molar-refractivity contribution is 5.06. The highest BCUT2D eigenvalue weighted by atomic mass is 16.3. The van der Waals surface area contributed by atoms with Crippen molar-refractivity contribution in [1.82, 2.24) is 0 Å². The molecular weight excluding hydrogens is 160 g/mol. The van der Waals surface area contributed by atoms with E-state index in [0.29, 0.717) is 11.8 Å². The van der Waals surface area contributed by atoms with Crippen molar-refractivity contribution >= 4 is 0 Å². The van der Waals surface area contributed by atoms with Gasteiger partial charge in [0.25, 0.3) is 0 Å². The molecule has 0 saturated heterocycles. The molecular formula is C12H22O. The summed E-state index contributed by atoms with van der Waals surface area (Å²) in [6.45, 7) is 8.37. The molecule has 0 aromatic carbocycles. The summed E-state index contributed by atoms with van der Waals surface area (Å²) in [6.07, 6.45) is 5.64. The molecule has 1 rings (SSSR count). The van der Waals surface area contributed by atoms with Crippen molar-refractivity contribution in [3.05, 3.63) is 11.6 Å². The Labute approximate surface area is 81.9 Å². The molecule has 0 heterocycles. The van der Waals surface area contributed by atoms with E-state index in [-0.39, 0.29) is 0 Å². The van der Waals surface area contributed by atoms with Crippen LogP contribution in [0.1, 0.15) is 47.0 Å². The second-order valence-electron chi connectivity index (χ2n) is 4.90. The minimum atomic E-state index is -0.489. The Kier molecular flexibility index (Phi) is 3.18. The third-order valence-corrected chi connectivity index (χ3v) is 3.63. The number of rotatable bonds is 2. The van der Waals surface area contributed by atoms with Crippen molar-refractivity contribution in [2.45, 2.75) is 52.6 Å². The van der Waals surface area contributed by atoms with E-state index in [1.807, 2.05) is 6.92 Å². The third-order valence-electron chi connectivity index (χ3n) is 3.63. The van der Waals surface area contributed by atoms with Crippen LogP contribution < -0.4 is 0 Å². The molecule has 0 amide bonds. The SMILES string of the molecule is CC1=CCC(C(C)(O)C(C)C)CC1. The van der Waals surface area contributed by atoms with Crippen LogP contribution in [-0.2, 0) is 0 Å². The van der Waals surface area contributed by atoms with Crippen molar-refractivity contribution in [1.29, 1.82) is 0 Å². The predicted molar refractivity (Wildman–Crippen MR) is 56.6 cm³/mol. The number of allylic oxidation sites excluding steroid dienone is 2. The van der Waals surface area contributed by atoms with E-state index in [9.17, 15) is 5.11 Å². The molecule has 13 heavy (non-hydrogen) atoms. The molecule has 2 atom stereocenters. The minimum absolute atomic E-state index is 0.351. The van der Waals surface area contributed by atoms with Gasteiger partial charge in [-0.05, 0) is 44.9 Å². The maximum atomic E-state index is 10.3. The monoisotopic (exact) mass is 182 g/mol. The van der Waals surface area contributed by atoms with Crippen molar-refractivity contribution in [3.8, 4) is 0 Å². The minimum Gasteiger partial charge on any atom is -0.390 e. The molecule has 76 valence electrons. The first-order chi connectivity index (χ1) is 5.94. The van der Waals surface area contributed by atoms with Gasteiger partial charge < -0.3 is 5.11 Å². The average Bonchev–Trinajstić information content (AvgIpc) is 2.04. The summed E-state index contributed by atoms with van der Waals surface area (Å²) in [4.78, 5) is 0. The summed E-state index contributed by atoms with van der Waals surface area (Å²) in [5, 5.41) is 10.3. The van der Waals surface area contributed by atoms with Gasteiger partial charge in [-0.15, -0.1) is 0 Å². The first-order valence-electron chi connectivity index (χ1n) is 5.32. The molecule has 1 nitrogen and oxygen atoms in total. The van der Waals surface area contributed by atoms with E-state index >= 15 is 0 Å². The van der Waals surface area contributed by atoms with Crippen molar-refractivity contribution in [2.75, 3.05) is 0 Å². The van der Waals surface area contributed by atoms with Crippen LogP contribution in [0.5, 0.6) is 0 Å². The quantitative estimate of drug-likeness (QED) is 0.650. The van der Waals surface area contributed by atoms with Crippen LogP contribution in [0, 0.1) is 11.8 Å². The second-order valence-corrected chi connectivity index (χ2v) is 4.90. The second kappa shape index (κ2) is 3.83. The number of hydrogen-bond acceptors (Lipinski definition) is 1. The van der Waals surface area contributed by atoms with E-state index in [2.05, 4.69) is 26.8 Å². The summed E-state index contributed by atoms with van der Waals surface area (Å²) in [5.74, 6) is 0.806. The van der Waals surface area contributed by atoms with Crippen LogP contribution in [0.4, 0.5) is 0 Å². The Morgan fingerprint density at radius 2 is 2.15 bits per heavy atom. The van der Waals surface area contributed by atoms with Gasteiger partial charge in [0.05, 0.1) is 5.60 Å². The van der Waals surface area contributed by atoms with Gasteiger partial charge in [-0.3, -0.25) is 0 Å². The zero-order chi connectivity index (χ0) is 10.1. The van der Waals surface area contributed by atoms with Gasteiger partial charge in [0, 0.05) is 0 Å². The zero-order valence-electron chi connectivity index (χ0n) is 9.30. The lowest BCUT2D eigenvalue weighted by Crippen LogP contribution is -2.40. The Bertz CT molecular complexity index is 201. The van der Waals surface area contributed by atoms with Gasteiger partial charge in [-0.25, -0.2) is 0 Å². The Morgan fingerprint density at radius 3 is 2.54 bits per heavy atom. The van der Waals surface area contributed by atoms with Crippen LogP contribution in [0.25, 0.3) is 0 Å². The van der Waals surface area contributed by atoms with E-state index in [1.165, 1.54) is 5.57 Å². The molecule has 0 radical (unpaired) electrons. The molecule has 0 aromatic rings. The third kappa shape index (κ3) is 2.34. The van der Waals surface area contributed by atoms with Crippen LogP contribution in [0.2, 0.25) is 0 Å². The number of aliphatic hydroxyl groups is 1. The lowest BCUT2D eigenvalue weighted by Gasteiger charge is -2.38. The van der Waals surface area contributed by atoms with E-state index in [4.69, 9.17) is 0 Å². The summed E-state index contributed by atoms with van der Waals surface area (Å²) in [7, 11) is 0. The maximum Gasteiger partial charge on any atom is 0.0673 e. The highest BCUT2D eigenvalue weighted by Gasteiger charge is 2.34. The van der Waals surface area contributed by atoms with Crippen LogP contribution in [0.15, 0.2) is 11.6 Å². The summed E-state index contributed by atoms with van der Waals surface area (Å²) >= 11 is 0. The lowest BCUT2D eigenvalue weighted by molar-refractivity contribution is -0.0454. The fourth-order valence-electron chi connectivity index (χ4n) is 1.97. The molecule has 1 N–H and O–H groups in total. The van der Waals surface area contributed by atoms with Gasteiger partial charge in [0.2, 0.25) is 0 Å². The molecule has 0 spiro atoms. The van der Waals surface area contributed by atoms with Gasteiger partial charge in [-0.2, -0.15) is 0 Å². The molecule has 1 aliphatic rings. The van der Waals surface area contributed by atoms with E-state index in [0.717, 1.165) is 19.3 Å². The van der Waals surface area contributed by atoms with Gasteiger partial charge in [0.15, 0.2) is 0 Å². The predicted octanol–water partition coefficient (Wildman–Crippen LogP) is 3.14. The summed E-state index contributed by atoms with van der Waals surface area (Å²) in [5.41, 5.74) is 0.993. The van der Waals surface area contributed by atoms with E-state index < -0.39 is 5.60 Å².